The number of benzene rings is 7. The first-order chi connectivity index (χ1) is 26.7. The number of hydrogen-bond donors (Lipinski definition) is 0. The van der Waals surface area contributed by atoms with Gasteiger partial charge in [-0.1, -0.05) is 109 Å². The van der Waals surface area contributed by atoms with E-state index in [0.717, 1.165) is 31.8 Å². The van der Waals surface area contributed by atoms with Crippen LogP contribution in [0.2, 0.25) is 0 Å². The number of fused-ring (bicyclic) bond motifs is 1. The molecule has 0 fully saturated rings. The Bertz CT molecular complexity index is 1990. The largest absolute Gasteiger partial charge is 1.00 e. The van der Waals surface area contributed by atoms with E-state index in [0.29, 0.717) is 35.8 Å². The Morgan fingerprint density at radius 2 is 0.589 bits per heavy atom. The highest BCUT2D eigenvalue weighted by Gasteiger charge is 2.60. The fourth-order valence-electron chi connectivity index (χ4n) is 7.96. The van der Waals surface area contributed by atoms with Crippen molar-refractivity contribution in [1.29, 1.82) is 0 Å². The van der Waals surface area contributed by atoms with Gasteiger partial charge in [0, 0.05) is 11.1 Å². The van der Waals surface area contributed by atoms with Crippen molar-refractivity contribution in [1.82, 2.24) is 0 Å². The lowest BCUT2D eigenvalue weighted by Gasteiger charge is -2.35. The fourth-order valence-corrected chi connectivity index (χ4v) is 16.9. The Kier molecular flexibility index (Phi) is 13.1. The average Bonchev–Trinajstić information content (AvgIpc) is 3.26. The van der Waals surface area contributed by atoms with Crippen LogP contribution in [0.1, 0.15) is 22.7 Å². The van der Waals surface area contributed by atoms with Crippen molar-refractivity contribution in [2.75, 3.05) is 13.2 Å². The monoisotopic (exact) mass is 814 g/mol. The molecule has 10 heteroatoms. The quantitative estimate of drug-likeness (QED) is 0.141. The summed E-state index contributed by atoms with van der Waals surface area (Å²) in [6, 6.07) is 64.9. The highest BCUT2D eigenvalue weighted by molar-refractivity contribution is 7.96. The number of nitrogens with zero attached hydrogens (tertiary/aromatic N) is 2. The molecule has 0 aromatic heterocycles. The Balaban J connectivity index is 0.00000266. The van der Waals surface area contributed by atoms with Crippen LogP contribution < -0.4 is 66.1 Å². The van der Waals surface area contributed by atoms with E-state index < -0.39 is 26.1 Å². The third-order valence-corrected chi connectivity index (χ3v) is 19.1. The average molecular weight is 816 g/mol. The molecule has 7 aromatic carbocycles. The maximum absolute atomic E-state index is 14.2. The molecule has 0 saturated carbocycles. The molecule has 0 N–H and O–H groups in total. The molecule has 0 bridgehead atoms. The zero-order valence-electron chi connectivity index (χ0n) is 30.2. The van der Waals surface area contributed by atoms with Crippen molar-refractivity contribution in [3.63, 3.8) is 0 Å². The van der Waals surface area contributed by atoms with E-state index in [1.54, 1.807) is 0 Å². The molecular weight excluding hydrogens is 777 g/mol. The maximum atomic E-state index is 14.2. The number of rotatable bonds is 12. The second-order valence-corrected chi connectivity index (χ2v) is 20.0. The molecule has 8 rings (SSSR count). The molecule has 2 unspecified atom stereocenters. The van der Waals surface area contributed by atoms with E-state index in [1.807, 2.05) is 121 Å². The van der Waals surface area contributed by atoms with E-state index in [-0.39, 0.29) is 24.8 Å². The highest BCUT2D eigenvalue weighted by atomic mass is 35.5. The van der Waals surface area contributed by atoms with Crippen molar-refractivity contribution in [2.24, 2.45) is 10.4 Å². The molecular formula is C46H38Cl2N2O4P2. The van der Waals surface area contributed by atoms with Crippen molar-refractivity contribution >= 4 is 46.4 Å². The van der Waals surface area contributed by atoms with Crippen molar-refractivity contribution < 1.29 is 34.3 Å². The van der Waals surface area contributed by atoms with Crippen molar-refractivity contribution in [3.8, 4) is 11.5 Å². The van der Waals surface area contributed by atoms with Crippen LogP contribution in [0.3, 0.4) is 0 Å². The molecule has 2 atom stereocenters. The van der Waals surface area contributed by atoms with Gasteiger partial charge in [-0.15, -0.1) is 9.81 Å². The van der Waals surface area contributed by atoms with Crippen LogP contribution >= 0.6 is 14.5 Å². The first-order valence-corrected chi connectivity index (χ1v) is 21.6. The molecule has 0 aliphatic carbocycles. The summed E-state index contributed by atoms with van der Waals surface area (Å²) in [6.45, 7) is 0.706. The first-order valence-electron chi connectivity index (χ1n) is 17.9. The molecule has 1 aliphatic heterocycles. The van der Waals surface area contributed by atoms with Crippen molar-refractivity contribution in [3.05, 3.63) is 215 Å². The Hall–Kier alpha value is -5.22. The topological polar surface area (TPSA) is 77.3 Å². The fraction of sp³-hybridized carbons (Fsp3) is 0.0870. The number of hydrogen-bond acceptors (Lipinski definition) is 6. The predicted molar refractivity (Wildman–Crippen MR) is 225 cm³/mol. The van der Waals surface area contributed by atoms with Gasteiger partial charge in [-0.3, -0.25) is 0 Å². The lowest BCUT2D eigenvalue weighted by atomic mass is 10.1. The van der Waals surface area contributed by atoms with Crippen LogP contribution in [0.4, 0.5) is 0 Å². The Labute approximate surface area is 340 Å². The van der Waals surface area contributed by atoms with Crippen LogP contribution in [0.25, 0.3) is 0 Å². The smallest absolute Gasteiger partial charge is 0.237 e. The second kappa shape index (κ2) is 18.2. The van der Waals surface area contributed by atoms with Crippen LogP contribution in [0.5, 0.6) is 11.5 Å². The molecule has 56 heavy (non-hydrogen) atoms. The van der Waals surface area contributed by atoms with Crippen LogP contribution in [0.15, 0.2) is 204 Å². The lowest BCUT2D eigenvalue weighted by Crippen LogP contribution is -3.00. The summed E-state index contributed by atoms with van der Waals surface area (Å²) in [5, 5.41) is 14.2. The van der Waals surface area contributed by atoms with E-state index in [1.165, 1.54) is 0 Å². The van der Waals surface area contributed by atoms with Gasteiger partial charge < -0.3 is 34.3 Å². The normalized spacial score (nSPS) is 13.2. The third kappa shape index (κ3) is 7.04. The minimum atomic E-state index is -2.97. The van der Waals surface area contributed by atoms with Gasteiger partial charge in [0.1, 0.15) is 59.6 Å². The SMILES string of the molecule is O=NC(c1cc2c(cc1C(N=O)[P+](c1ccccc1)(c1ccccc1)c1ccccc1)OCCO2)[P+](c1ccccc1)(c1ccccc1)c1ccccc1.[Cl-].[Cl-]. The summed E-state index contributed by atoms with van der Waals surface area (Å²) in [7, 11) is -5.95. The van der Waals surface area contributed by atoms with E-state index in [2.05, 4.69) is 83.2 Å². The van der Waals surface area contributed by atoms with Crippen LogP contribution in [-0.2, 0) is 0 Å². The molecule has 1 aliphatic rings. The van der Waals surface area contributed by atoms with Gasteiger partial charge in [0.15, 0.2) is 11.5 Å². The molecule has 1 heterocycles. The van der Waals surface area contributed by atoms with E-state index in [4.69, 9.17) is 9.47 Å². The minimum Gasteiger partial charge on any atom is -1.00 e. The molecule has 280 valence electrons. The van der Waals surface area contributed by atoms with Gasteiger partial charge >= 0.3 is 0 Å². The van der Waals surface area contributed by atoms with Gasteiger partial charge in [-0.2, -0.15) is 0 Å². The summed E-state index contributed by atoms with van der Waals surface area (Å²) >= 11 is 0. The Morgan fingerprint density at radius 1 is 0.375 bits per heavy atom. The molecule has 6 nitrogen and oxygen atoms in total. The summed E-state index contributed by atoms with van der Waals surface area (Å²) in [5.74, 6) is -0.949. The third-order valence-electron chi connectivity index (χ3n) is 10.2. The van der Waals surface area contributed by atoms with Crippen molar-refractivity contribution in [2.45, 2.75) is 11.6 Å². The van der Waals surface area contributed by atoms with E-state index >= 15 is 0 Å². The van der Waals surface area contributed by atoms with Gasteiger partial charge in [0.2, 0.25) is 11.6 Å². The predicted octanol–water partition coefficient (Wildman–Crippen LogP) is 2.98. The molecule has 7 aromatic rings. The van der Waals surface area contributed by atoms with Crippen LogP contribution in [-0.4, -0.2) is 13.2 Å². The summed E-state index contributed by atoms with van der Waals surface area (Å²) < 4.78 is 12.5. The summed E-state index contributed by atoms with van der Waals surface area (Å²) in [4.78, 5) is 28.3. The molecule has 0 spiro atoms. The standard InChI is InChI=1S/C46H38N2O4P2.2ClH/c49-47-45(53(35-19-7-1-8-20-35,36-21-9-2-10-22-36)37-23-11-3-12-24-37)41-33-43-44(52-32-31-51-43)34-42(41)46(48-50)54(38-25-13-4-14-26-38,39-27-15-5-16-28-39)40-29-17-6-18-30-40;;/h1-30,33-34,45-46H,31-32H2;2*1H/q+2;;/p-2. The number of ether oxygens (including phenoxy) is 2. The summed E-state index contributed by atoms with van der Waals surface area (Å²) in [6.07, 6.45) is 0. The van der Waals surface area contributed by atoms with Gasteiger partial charge in [0.05, 0.1) is 0 Å². The lowest BCUT2D eigenvalue weighted by molar-refractivity contribution is -0.001000. The Morgan fingerprint density at radius 3 is 0.786 bits per heavy atom. The molecule has 0 radical (unpaired) electrons. The summed E-state index contributed by atoms with van der Waals surface area (Å²) in [5.41, 5.74) is 1.19. The zero-order valence-corrected chi connectivity index (χ0v) is 33.5. The van der Waals surface area contributed by atoms with Crippen LogP contribution in [0, 0.1) is 9.81 Å². The first kappa shape index (κ1) is 40.4. The van der Waals surface area contributed by atoms with Gasteiger partial charge in [-0.25, -0.2) is 0 Å². The molecule has 0 saturated heterocycles. The van der Waals surface area contributed by atoms with Gasteiger partial charge in [-0.05, 0) is 95.3 Å². The second-order valence-electron chi connectivity index (χ2n) is 13.0. The maximum Gasteiger partial charge on any atom is 0.237 e. The number of nitroso groups, excluding NO2 is 2. The highest BCUT2D eigenvalue weighted by Crippen LogP contribution is 2.72. The van der Waals surface area contributed by atoms with E-state index in [9.17, 15) is 9.81 Å². The minimum absolute atomic E-state index is 0. The van der Waals surface area contributed by atoms with Gasteiger partial charge in [0.25, 0.3) is 0 Å². The molecule has 0 amide bonds. The zero-order chi connectivity index (χ0) is 36.8. The number of halogens is 2.